The van der Waals surface area contributed by atoms with Gasteiger partial charge in [-0.25, -0.2) is 8.42 Å². The van der Waals surface area contributed by atoms with Gasteiger partial charge in [0.05, 0.1) is 10.6 Å². The molecule has 0 aliphatic rings. The van der Waals surface area contributed by atoms with Gasteiger partial charge in [0.25, 0.3) is 10.0 Å². The fourth-order valence-electron chi connectivity index (χ4n) is 4.05. The molecular weight excluding hydrogens is 522 g/mol. The summed E-state index contributed by atoms with van der Waals surface area (Å²) in [4.78, 5) is 28.4. The summed E-state index contributed by atoms with van der Waals surface area (Å²) in [6.45, 7) is 8.73. The molecular formula is C29H34ClN3O4S. The molecule has 0 spiro atoms. The van der Waals surface area contributed by atoms with Crippen LogP contribution in [0.5, 0.6) is 0 Å². The van der Waals surface area contributed by atoms with Gasteiger partial charge in [-0.1, -0.05) is 54.1 Å². The van der Waals surface area contributed by atoms with E-state index in [-0.39, 0.29) is 23.4 Å². The number of carbonyl (C=O) groups is 2. The summed E-state index contributed by atoms with van der Waals surface area (Å²) in [5.74, 6) is -0.814. The summed E-state index contributed by atoms with van der Waals surface area (Å²) in [5, 5.41) is 3.26. The second-order valence-corrected chi connectivity index (χ2v) is 11.8. The Morgan fingerprint density at radius 1 is 0.868 bits per heavy atom. The third-order valence-corrected chi connectivity index (χ3v) is 8.29. The highest BCUT2D eigenvalue weighted by molar-refractivity contribution is 7.92. The number of hydrogen-bond acceptors (Lipinski definition) is 4. The highest BCUT2D eigenvalue weighted by Gasteiger charge is 2.33. The predicted molar refractivity (Wildman–Crippen MR) is 152 cm³/mol. The van der Waals surface area contributed by atoms with Gasteiger partial charge in [0, 0.05) is 17.6 Å². The van der Waals surface area contributed by atoms with Gasteiger partial charge < -0.3 is 10.2 Å². The van der Waals surface area contributed by atoms with Crippen molar-refractivity contribution in [3.8, 4) is 0 Å². The number of nitrogens with zero attached hydrogens (tertiary/aromatic N) is 2. The Morgan fingerprint density at radius 3 is 2.03 bits per heavy atom. The quantitative estimate of drug-likeness (QED) is 0.377. The molecule has 0 aromatic heterocycles. The minimum atomic E-state index is -4.14. The Morgan fingerprint density at radius 2 is 1.45 bits per heavy atom. The first-order valence-electron chi connectivity index (χ1n) is 12.4. The number of para-hydroxylation sites is 1. The Balaban J connectivity index is 2.06. The van der Waals surface area contributed by atoms with Crippen LogP contribution in [0.3, 0.4) is 0 Å². The molecule has 0 heterocycles. The van der Waals surface area contributed by atoms with Gasteiger partial charge in [-0.05, 0) is 81.6 Å². The minimum Gasteiger partial charge on any atom is -0.352 e. The van der Waals surface area contributed by atoms with Crippen LogP contribution in [0, 0.1) is 13.8 Å². The first-order chi connectivity index (χ1) is 17.9. The highest BCUT2D eigenvalue weighted by atomic mass is 35.5. The van der Waals surface area contributed by atoms with E-state index in [0.717, 1.165) is 15.4 Å². The van der Waals surface area contributed by atoms with E-state index in [9.17, 15) is 18.0 Å². The predicted octanol–water partition coefficient (Wildman–Crippen LogP) is 5.09. The third kappa shape index (κ3) is 6.94. The number of anilines is 1. The molecule has 3 aromatic rings. The summed E-state index contributed by atoms with van der Waals surface area (Å²) in [7, 11) is -4.14. The van der Waals surface area contributed by atoms with Crippen LogP contribution in [0.15, 0.2) is 77.7 Å². The maximum atomic E-state index is 13.9. The maximum Gasteiger partial charge on any atom is 0.264 e. The average molecular weight is 556 g/mol. The summed E-state index contributed by atoms with van der Waals surface area (Å²) in [6.07, 6.45) is 0. The molecule has 3 rings (SSSR count). The first-order valence-corrected chi connectivity index (χ1v) is 14.2. The Labute approximate surface area is 230 Å². The Hall–Kier alpha value is -3.36. The molecule has 0 saturated heterocycles. The SMILES string of the molecule is Cc1ccccc1CN(C(=O)CN(c1ccccc1C)S(=O)(=O)c1ccc(Cl)cc1)[C@H](C)C(=O)NC(C)C. The van der Waals surface area contributed by atoms with E-state index < -0.39 is 28.5 Å². The average Bonchev–Trinajstić information content (AvgIpc) is 2.86. The van der Waals surface area contributed by atoms with Gasteiger partial charge in [0.1, 0.15) is 12.6 Å². The number of rotatable bonds is 10. The van der Waals surface area contributed by atoms with E-state index >= 15 is 0 Å². The van der Waals surface area contributed by atoms with Crippen LogP contribution in [0.25, 0.3) is 0 Å². The van der Waals surface area contributed by atoms with Crippen molar-refractivity contribution in [3.63, 3.8) is 0 Å². The minimum absolute atomic E-state index is 0.00834. The lowest BCUT2D eigenvalue weighted by Crippen LogP contribution is -2.52. The van der Waals surface area contributed by atoms with Gasteiger partial charge in [0.15, 0.2) is 0 Å². The molecule has 1 atom stereocenters. The maximum absolute atomic E-state index is 13.9. The lowest BCUT2D eigenvalue weighted by atomic mass is 10.1. The second-order valence-electron chi connectivity index (χ2n) is 9.54. The molecule has 0 unspecified atom stereocenters. The molecule has 3 aromatic carbocycles. The second kappa shape index (κ2) is 12.5. The van der Waals surface area contributed by atoms with E-state index in [1.165, 1.54) is 29.2 Å². The van der Waals surface area contributed by atoms with E-state index in [1.54, 1.807) is 38.1 Å². The summed E-state index contributed by atoms with van der Waals surface area (Å²) in [5.41, 5.74) is 2.90. The molecule has 2 amide bonds. The molecule has 1 N–H and O–H groups in total. The van der Waals surface area contributed by atoms with Crippen molar-refractivity contribution in [3.05, 3.63) is 94.5 Å². The zero-order valence-electron chi connectivity index (χ0n) is 22.3. The van der Waals surface area contributed by atoms with E-state index in [1.807, 2.05) is 45.0 Å². The smallest absolute Gasteiger partial charge is 0.264 e. The Bertz CT molecular complexity index is 1390. The van der Waals surface area contributed by atoms with Crippen molar-refractivity contribution in [2.75, 3.05) is 10.8 Å². The van der Waals surface area contributed by atoms with Crippen molar-refractivity contribution < 1.29 is 18.0 Å². The van der Waals surface area contributed by atoms with Crippen LogP contribution < -0.4 is 9.62 Å². The van der Waals surface area contributed by atoms with Crippen LogP contribution in [-0.2, 0) is 26.2 Å². The number of nitrogens with one attached hydrogen (secondary N) is 1. The van der Waals surface area contributed by atoms with Crippen LogP contribution in [0.2, 0.25) is 5.02 Å². The monoisotopic (exact) mass is 555 g/mol. The summed E-state index contributed by atoms with van der Waals surface area (Å²) >= 11 is 5.99. The molecule has 0 aliphatic carbocycles. The van der Waals surface area contributed by atoms with Crippen molar-refractivity contribution in [1.82, 2.24) is 10.2 Å². The fourth-order valence-corrected chi connectivity index (χ4v) is 5.65. The van der Waals surface area contributed by atoms with Gasteiger partial charge in [-0.2, -0.15) is 0 Å². The summed E-state index contributed by atoms with van der Waals surface area (Å²) < 4.78 is 28.8. The Kier molecular flexibility index (Phi) is 9.57. The molecule has 0 fully saturated rings. The van der Waals surface area contributed by atoms with Crippen LogP contribution >= 0.6 is 11.6 Å². The topological polar surface area (TPSA) is 86.8 Å². The number of hydrogen-bond donors (Lipinski definition) is 1. The molecule has 38 heavy (non-hydrogen) atoms. The molecule has 0 radical (unpaired) electrons. The van der Waals surface area contributed by atoms with Crippen LogP contribution in [0.1, 0.15) is 37.5 Å². The highest BCUT2D eigenvalue weighted by Crippen LogP contribution is 2.28. The largest absolute Gasteiger partial charge is 0.352 e. The fraction of sp³-hybridized carbons (Fsp3) is 0.310. The lowest BCUT2D eigenvalue weighted by molar-refractivity contribution is -0.139. The molecule has 202 valence electrons. The summed E-state index contributed by atoms with van der Waals surface area (Å²) in [6, 6.07) is 19.4. The van der Waals surface area contributed by atoms with Gasteiger partial charge in [-0.3, -0.25) is 13.9 Å². The van der Waals surface area contributed by atoms with Crippen molar-refractivity contribution >= 4 is 39.1 Å². The van der Waals surface area contributed by atoms with Gasteiger partial charge >= 0.3 is 0 Å². The number of benzene rings is 3. The molecule has 9 heteroatoms. The van der Waals surface area contributed by atoms with Crippen molar-refractivity contribution in [1.29, 1.82) is 0 Å². The van der Waals surface area contributed by atoms with Gasteiger partial charge in [-0.15, -0.1) is 0 Å². The molecule has 0 bridgehead atoms. The van der Waals surface area contributed by atoms with Crippen LogP contribution in [0.4, 0.5) is 5.69 Å². The standard InChI is InChI=1S/C29H34ClN3O4S/c1-20(2)31-29(35)23(5)32(18-24-12-8-6-10-21(24)3)28(34)19-33(27-13-9-7-11-22(27)4)38(36,37)26-16-14-25(30)15-17-26/h6-17,20,23H,18-19H2,1-5H3,(H,31,35)/t23-/m1/s1. The molecule has 0 saturated carbocycles. The van der Waals surface area contributed by atoms with E-state index in [4.69, 9.17) is 11.6 Å². The normalized spacial score (nSPS) is 12.2. The van der Waals surface area contributed by atoms with Gasteiger partial charge in [0.2, 0.25) is 11.8 Å². The third-order valence-electron chi connectivity index (χ3n) is 6.26. The number of aryl methyl sites for hydroxylation is 2. The zero-order chi connectivity index (χ0) is 28.0. The number of carbonyl (C=O) groups excluding carboxylic acids is 2. The number of sulfonamides is 1. The molecule has 7 nitrogen and oxygen atoms in total. The zero-order valence-corrected chi connectivity index (χ0v) is 23.9. The van der Waals surface area contributed by atoms with Crippen LogP contribution in [-0.4, -0.2) is 43.8 Å². The van der Waals surface area contributed by atoms with Crippen molar-refractivity contribution in [2.24, 2.45) is 0 Å². The van der Waals surface area contributed by atoms with E-state index in [2.05, 4.69) is 5.32 Å². The molecule has 0 aliphatic heterocycles. The number of amides is 2. The lowest BCUT2D eigenvalue weighted by Gasteiger charge is -2.33. The first kappa shape index (κ1) is 29.2. The van der Waals surface area contributed by atoms with Crippen molar-refractivity contribution in [2.45, 2.75) is 58.1 Å². The number of halogens is 1. The van der Waals surface area contributed by atoms with E-state index in [0.29, 0.717) is 16.3 Å².